The molecule has 1 aliphatic rings. The Kier molecular flexibility index (Phi) is 3.57. The molecule has 1 fully saturated rings. The van der Waals surface area contributed by atoms with Gasteiger partial charge in [0.25, 0.3) is 5.91 Å². The van der Waals surface area contributed by atoms with Crippen molar-refractivity contribution < 1.29 is 14.3 Å². The van der Waals surface area contributed by atoms with E-state index in [0.29, 0.717) is 12.1 Å². The van der Waals surface area contributed by atoms with Crippen molar-refractivity contribution in [1.29, 1.82) is 0 Å². The Bertz CT molecular complexity index is 475. The Morgan fingerprint density at radius 3 is 2.78 bits per heavy atom. The van der Waals surface area contributed by atoms with Crippen LogP contribution in [0.15, 0.2) is 18.5 Å². The van der Waals surface area contributed by atoms with E-state index in [-0.39, 0.29) is 17.6 Å². The summed E-state index contributed by atoms with van der Waals surface area (Å²) in [6.07, 6.45) is 4.25. The first-order valence-corrected chi connectivity index (χ1v) is 5.73. The van der Waals surface area contributed by atoms with Crippen LogP contribution >= 0.6 is 0 Å². The quantitative estimate of drug-likeness (QED) is 0.766. The number of esters is 1. The molecule has 6 heteroatoms. The van der Waals surface area contributed by atoms with Crippen LogP contribution in [0.1, 0.15) is 33.6 Å². The normalized spacial score (nSPS) is 18.8. The molecule has 1 aromatic heterocycles. The zero-order valence-electron chi connectivity index (χ0n) is 10.1. The number of ether oxygens (including phenoxy) is 1. The summed E-state index contributed by atoms with van der Waals surface area (Å²) in [5.41, 5.74) is 6.45. The molecule has 0 saturated carbocycles. The fourth-order valence-corrected chi connectivity index (χ4v) is 2.00. The summed E-state index contributed by atoms with van der Waals surface area (Å²) in [7, 11) is 1.28. The number of amides is 1. The smallest absolute Gasteiger partial charge is 0.339 e. The van der Waals surface area contributed by atoms with Crippen LogP contribution in [-0.4, -0.2) is 41.6 Å². The van der Waals surface area contributed by atoms with Crippen molar-refractivity contribution in [2.75, 3.05) is 13.7 Å². The maximum atomic E-state index is 12.2. The zero-order valence-corrected chi connectivity index (χ0v) is 10.1. The van der Waals surface area contributed by atoms with Crippen molar-refractivity contribution in [2.24, 2.45) is 5.73 Å². The van der Waals surface area contributed by atoms with Crippen molar-refractivity contribution >= 4 is 11.9 Å². The molecule has 1 aliphatic heterocycles. The van der Waals surface area contributed by atoms with E-state index in [2.05, 4.69) is 9.72 Å². The maximum Gasteiger partial charge on any atom is 0.339 e. The molecule has 6 nitrogen and oxygen atoms in total. The van der Waals surface area contributed by atoms with E-state index in [1.165, 1.54) is 25.6 Å². The molecule has 0 spiro atoms. The highest BCUT2D eigenvalue weighted by molar-refractivity contribution is 5.97. The topological polar surface area (TPSA) is 85.5 Å². The number of aromatic nitrogens is 1. The van der Waals surface area contributed by atoms with Gasteiger partial charge >= 0.3 is 5.97 Å². The molecule has 2 N–H and O–H groups in total. The first-order valence-electron chi connectivity index (χ1n) is 5.73. The number of carbonyl (C=O) groups is 2. The lowest BCUT2D eigenvalue weighted by Crippen LogP contribution is -2.41. The molecule has 96 valence electrons. The van der Waals surface area contributed by atoms with Crippen LogP contribution in [-0.2, 0) is 4.74 Å². The van der Waals surface area contributed by atoms with Crippen molar-refractivity contribution in [3.63, 3.8) is 0 Å². The molecular formula is C12H15N3O3. The minimum absolute atomic E-state index is 0.196. The summed E-state index contributed by atoms with van der Waals surface area (Å²) in [5, 5.41) is 0. The van der Waals surface area contributed by atoms with Gasteiger partial charge in [-0.15, -0.1) is 0 Å². The monoisotopic (exact) mass is 249 g/mol. The fourth-order valence-electron chi connectivity index (χ4n) is 2.00. The number of nitrogens with zero attached hydrogens (tertiary/aromatic N) is 2. The van der Waals surface area contributed by atoms with Crippen LogP contribution < -0.4 is 5.73 Å². The van der Waals surface area contributed by atoms with Crippen LogP contribution in [0.25, 0.3) is 0 Å². The Morgan fingerprint density at radius 1 is 1.44 bits per heavy atom. The molecule has 1 unspecified atom stereocenters. The Hall–Kier alpha value is -1.95. The molecule has 0 aliphatic carbocycles. The Labute approximate surface area is 105 Å². The summed E-state index contributed by atoms with van der Waals surface area (Å²) >= 11 is 0. The van der Waals surface area contributed by atoms with Gasteiger partial charge in [0.2, 0.25) is 0 Å². The molecule has 0 radical (unpaired) electrons. The highest BCUT2D eigenvalue weighted by Gasteiger charge is 2.27. The number of hydrogen-bond acceptors (Lipinski definition) is 5. The molecule has 18 heavy (non-hydrogen) atoms. The van der Waals surface area contributed by atoms with Gasteiger partial charge in [0.05, 0.1) is 24.4 Å². The maximum absolute atomic E-state index is 12.2. The van der Waals surface area contributed by atoms with E-state index in [0.717, 1.165) is 12.8 Å². The molecule has 2 heterocycles. The van der Waals surface area contributed by atoms with Crippen LogP contribution in [0, 0.1) is 0 Å². The third-order valence-corrected chi connectivity index (χ3v) is 2.97. The minimum atomic E-state index is -0.511. The lowest BCUT2D eigenvalue weighted by molar-refractivity contribution is 0.0600. The third kappa shape index (κ3) is 2.33. The fraction of sp³-hybridized carbons (Fsp3) is 0.417. The van der Waals surface area contributed by atoms with Crippen molar-refractivity contribution in [2.45, 2.75) is 19.0 Å². The molecule has 1 saturated heterocycles. The SMILES string of the molecule is COC(=O)c1cncc(C(=O)N2CCCC2N)c1. The van der Waals surface area contributed by atoms with E-state index in [1.807, 2.05) is 0 Å². The summed E-state index contributed by atoms with van der Waals surface area (Å²) in [6, 6.07) is 1.48. The van der Waals surface area contributed by atoms with Gasteiger partial charge in [-0.3, -0.25) is 9.78 Å². The van der Waals surface area contributed by atoms with Crippen LogP contribution in [0.3, 0.4) is 0 Å². The van der Waals surface area contributed by atoms with E-state index in [4.69, 9.17) is 5.73 Å². The summed E-state index contributed by atoms with van der Waals surface area (Å²) < 4.78 is 4.59. The van der Waals surface area contributed by atoms with Crippen LogP contribution in [0.2, 0.25) is 0 Å². The average Bonchev–Trinajstić information content (AvgIpc) is 2.83. The van der Waals surface area contributed by atoms with Gasteiger partial charge < -0.3 is 15.4 Å². The highest BCUT2D eigenvalue weighted by Crippen LogP contribution is 2.16. The van der Waals surface area contributed by atoms with Crippen LogP contribution in [0.4, 0.5) is 0 Å². The zero-order chi connectivity index (χ0) is 13.1. The van der Waals surface area contributed by atoms with E-state index in [1.54, 1.807) is 4.90 Å². The van der Waals surface area contributed by atoms with Gasteiger partial charge in [-0.05, 0) is 18.9 Å². The largest absolute Gasteiger partial charge is 0.465 e. The third-order valence-electron chi connectivity index (χ3n) is 2.97. The summed E-state index contributed by atoms with van der Waals surface area (Å²) in [5.74, 6) is -0.707. The predicted molar refractivity (Wildman–Crippen MR) is 63.8 cm³/mol. The minimum Gasteiger partial charge on any atom is -0.465 e. The van der Waals surface area contributed by atoms with Gasteiger partial charge in [-0.2, -0.15) is 0 Å². The first kappa shape index (κ1) is 12.5. The second kappa shape index (κ2) is 5.14. The second-order valence-electron chi connectivity index (χ2n) is 4.16. The lowest BCUT2D eigenvalue weighted by Gasteiger charge is -2.21. The molecule has 0 aromatic carbocycles. The van der Waals surface area contributed by atoms with E-state index >= 15 is 0 Å². The van der Waals surface area contributed by atoms with E-state index < -0.39 is 5.97 Å². The predicted octanol–water partition coefficient (Wildman–Crippen LogP) is 0.389. The molecule has 1 aromatic rings. The Morgan fingerprint density at radius 2 is 2.17 bits per heavy atom. The first-order chi connectivity index (χ1) is 8.63. The van der Waals surface area contributed by atoms with Crippen molar-refractivity contribution in [3.05, 3.63) is 29.6 Å². The number of rotatable bonds is 2. The second-order valence-corrected chi connectivity index (χ2v) is 4.16. The Balaban J connectivity index is 2.23. The molecule has 0 bridgehead atoms. The standard InChI is InChI=1S/C12H15N3O3/c1-18-12(17)9-5-8(6-14-7-9)11(16)15-4-2-3-10(15)13/h5-7,10H,2-4,13H2,1H3. The highest BCUT2D eigenvalue weighted by atomic mass is 16.5. The van der Waals surface area contributed by atoms with Crippen LogP contribution in [0.5, 0.6) is 0 Å². The number of pyridine rings is 1. The summed E-state index contributed by atoms with van der Waals surface area (Å²) in [6.45, 7) is 0.641. The van der Waals surface area contributed by atoms with Gasteiger partial charge in [-0.1, -0.05) is 0 Å². The van der Waals surface area contributed by atoms with Gasteiger partial charge in [0, 0.05) is 18.9 Å². The number of nitrogens with two attached hydrogens (primary N) is 1. The molecule has 1 amide bonds. The number of likely N-dealkylation sites (tertiary alicyclic amines) is 1. The van der Waals surface area contributed by atoms with Crippen molar-refractivity contribution in [3.8, 4) is 0 Å². The lowest BCUT2D eigenvalue weighted by atomic mass is 10.2. The van der Waals surface area contributed by atoms with Gasteiger partial charge in [0.1, 0.15) is 0 Å². The van der Waals surface area contributed by atoms with E-state index in [9.17, 15) is 9.59 Å². The number of carbonyl (C=O) groups excluding carboxylic acids is 2. The van der Waals surface area contributed by atoms with Gasteiger partial charge in [-0.25, -0.2) is 4.79 Å². The number of hydrogen-bond donors (Lipinski definition) is 1. The van der Waals surface area contributed by atoms with Crippen molar-refractivity contribution in [1.82, 2.24) is 9.88 Å². The average molecular weight is 249 g/mol. The molecule has 1 atom stereocenters. The molecule has 2 rings (SSSR count). The molecular weight excluding hydrogens is 234 g/mol. The number of methoxy groups -OCH3 is 1. The van der Waals surface area contributed by atoms with Gasteiger partial charge in [0.15, 0.2) is 0 Å². The summed E-state index contributed by atoms with van der Waals surface area (Å²) in [4.78, 5) is 29.0.